The number of aromatic nitrogens is 1. The number of rotatable bonds is 2. The summed E-state index contributed by atoms with van der Waals surface area (Å²) >= 11 is 0. The van der Waals surface area contributed by atoms with E-state index in [1.165, 1.54) is 10.6 Å². The normalized spacial score (nSPS) is 18.2. The van der Waals surface area contributed by atoms with Gasteiger partial charge in [0.2, 0.25) is 0 Å². The van der Waals surface area contributed by atoms with Crippen LogP contribution < -0.4 is 16.4 Å². The quantitative estimate of drug-likeness (QED) is 0.888. The highest BCUT2D eigenvalue weighted by atomic mass is 19.1. The summed E-state index contributed by atoms with van der Waals surface area (Å²) in [6, 6.07) is 2.44. The Morgan fingerprint density at radius 1 is 1.33 bits per heavy atom. The van der Waals surface area contributed by atoms with Crippen molar-refractivity contribution in [3.05, 3.63) is 28.5 Å². The second kappa shape index (κ2) is 5.08. The van der Waals surface area contributed by atoms with E-state index in [1.54, 1.807) is 20.8 Å². The number of hydrogen-bond donors (Lipinski definition) is 1. The van der Waals surface area contributed by atoms with Crippen molar-refractivity contribution >= 4 is 28.8 Å². The molecule has 3 rings (SSSR count). The zero-order chi connectivity index (χ0) is 17.8. The number of anilines is 1. The fourth-order valence-electron chi connectivity index (χ4n) is 2.67. The molecule has 1 aromatic heterocycles. The van der Waals surface area contributed by atoms with Gasteiger partial charge < -0.3 is 14.9 Å². The molecule has 1 unspecified atom stereocenters. The second-order valence-electron chi connectivity index (χ2n) is 6.53. The van der Waals surface area contributed by atoms with Gasteiger partial charge in [-0.25, -0.2) is 14.0 Å². The van der Waals surface area contributed by atoms with Crippen LogP contribution in [0.2, 0.25) is 0 Å². The Hall–Kier alpha value is -2.84. The monoisotopic (exact) mass is 337 g/mol. The predicted octanol–water partition coefficient (Wildman–Crippen LogP) is 1.30. The lowest BCUT2D eigenvalue weighted by molar-refractivity contribution is -0.124. The van der Waals surface area contributed by atoms with Gasteiger partial charge in [0.25, 0.3) is 5.91 Å². The van der Waals surface area contributed by atoms with Crippen LogP contribution >= 0.6 is 0 Å². The van der Waals surface area contributed by atoms with Crippen LogP contribution in [0.25, 0.3) is 11.1 Å². The summed E-state index contributed by atoms with van der Waals surface area (Å²) in [5.41, 5.74) is 4.55. The molecule has 2 N–H and O–H groups in total. The molecule has 2 amide bonds. The number of benzene rings is 1. The summed E-state index contributed by atoms with van der Waals surface area (Å²) < 4.78 is 25.7. The molecule has 2 aromatic rings. The van der Waals surface area contributed by atoms with E-state index in [-0.39, 0.29) is 23.3 Å². The topological polar surface area (TPSA) is 108 Å². The standard InChI is InChI=1S/C15H16FN3O5/c1-15(2,3)19-11-8(16)4-7(5-9(11)23-14(19)22)18-6-10(12(17)20)24-13(18)21/h4-5,10H,6H2,1-3H3,(H2,17,20). The molecule has 9 heteroatoms. The largest absolute Gasteiger partial charge is 0.434 e. The predicted molar refractivity (Wildman–Crippen MR) is 82.2 cm³/mol. The molecule has 128 valence electrons. The lowest BCUT2D eigenvalue weighted by atomic mass is 10.1. The molecule has 1 aromatic carbocycles. The van der Waals surface area contributed by atoms with Gasteiger partial charge in [0, 0.05) is 17.7 Å². The number of amides is 2. The Labute approximate surface area is 135 Å². The first-order chi connectivity index (χ1) is 11.1. The van der Waals surface area contributed by atoms with E-state index in [0.29, 0.717) is 0 Å². The molecule has 0 bridgehead atoms. The van der Waals surface area contributed by atoms with Crippen LogP contribution in [0, 0.1) is 5.82 Å². The maximum Gasteiger partial charge on any atom is 0.420 e. The number of primary amides is 1. The summed E-state index contributed by atoms with van der Waals surface area (Å²) in [6.07, 6.45) is -1.93. The maximum atomic E-state index is 14.6. The molecular formula is C15H16FN3O5. The summed E-state index contributed by atoms with van der Waals surface area (Å²) in [5, 5.41) is 0. The fraction of sp³-hybridized carbons (Fsp3) is 0.400. The van der Waals surface area contributed by atoms with Gasteiger partial charge in [-0.1, -0.05) is 0 Å². The molecule has 1 saturated heterocycles. The molecule has 1 fully saturated rings. The minimum atomic E-state index is -1.11. The van der Waals surface area contributed by atoms with Gasteiger partial charge in [0.1, 0.15) is 5.52 Å². The van der Waals surface area contributed by atoms with Gasteiger partial charge in [-0.15, -0.1) is 0 Å². The van der Waals surface area contributed by atoms with E-state index in [2.05, 4.69) is 0 Å². The molecule has 0 saturated carbocycles. The Morgan fingerprint density at radius 2 is 2.00 bits per heavy atom. The molecule has 1 aliphatic heterocycles. The van der Waals surface area contributed by atoms with Crippen molar-refractivity contribution in [3.8, 4) is 0 Å². The number of ether oxygens (including phenoxy) is 1. The van der Waals surface area contributed by atoms with Crippen LogP contribution in [0.4, 0.5) is 14.9 Å². The SMILES string of the molecule is CC(C)(C)n1c(=O)oc2cc(N3CC(C(N)=O)OC3=O)cc(F)c21. The number of oxazole rings is 1. The summed E-state index contributed by atoms with van der Waals surface area (Å²) in [6.45, 7) is 5.09. The highest BCUT2D eigenvalue weighted by Gasteiger charge is 2.36. The number of nitrogens with zero attached hydrogens (tertiary/aromatic N) is 2. The molecule has 0 radical (unpaired) electrons. The highest BCUT2D eigenvalue weighted by molar-refractivity contribution is 5.96. The van der Waals surface area contributed by atoms with Crippen LogP contribution in [0.15, 0.2) is 21.3 Å². The minimum Gasteiger partial charge on any atom is -0.434 e. The fourth-order valence-corrected chi connectivity index (χ4v) is 2.67. The van der Waals surface area contributed by atoms with Gasteiger partial charge in [-0.05, 0) is 20.8 Å². The molecule has 0 aliphatic carbocycles. The first-order valence-electron chi connectivity index (χ1n) is 7.22. The van der Waals surface area contributed by atoms with E-state index >= 15 is 0 Å². The number of fused-ring (bicyclic) bond motifs is 1. The maximum absolute atomic E-state index is 14.6. The third-order valence-corrected chi connectivity index (χ3v) is 3.73. The Bertz CT molecular complexity index is 908. The minimum absolute atomic E-state index is 0.000231. The number of cyclic esters (lactones) is 1. The first kappa shape index (κ1) is 16.0. The van der Waals surface area contributed by atoms with Crippen molar-refractivity contribution in [1.29, 1.82) is 0 Å². The van der Waals surface area contributed by atoms with E-state index < -0.39 is 35.2 Å². The van der Waals surface area contributed by atoms with Crippen LogP contribution in [0.5, 0.6) is 0 Å². The van der Waals surface area contributed by atoms with Crippen molar-refractivity contribution in [2.24, 2.45) is 5.73 Å². The molecular weight excluding hydrogens is 321 g/mol. The smallest absolute Gasteiger partial charge is 0.420 e. The van der Waals surface area contributed by atoms with Crippen molar-refractivity contribution in [2.45, 2.75) is 32.4 Å². The van der Waals surface area contributed by atoms with E-state index in [9.17, 15) is 18.8 Å². The van der Waals surface area contributed by atoms with Crippen LogP contribution in [0.3, 0.4) is 0 Å². The van der Waals surface area contributed by atoms with Gasteiger partial charge in [-0.2, -0.15) is 0 Å². The van der Waals surface area contributed by atoms with Gasteiger partial charge in [0.05, 0.1) is 12.2 Å². The van der Waals surface area contributed by atoms with Crippen LogP contribution in [-0.2, 0) is 15.1 Å². The zero-order valence-electron chi connectivity index (χ0n) is 13.3. The van der Waals surface area contributed by atoms with Crippen molar-refractivity contribution < 1.29 is 23.1 Å². The zero-order valence-corrected chi connectivity index (χ0v) is 13.3. The van der Waals surface area contributed by atoms with E-state index in [0.717, 1.165) is 11.0 Å². The molecule has 8 nitrogen and oxygen atoms in total. The number of hydrogen-bond acceptors (Lipinski definition) is 5. The van der Waals surface area contributed by atoms with Gasteiger partial charge in [0.15, 0.2) is 17.5 Å². The van der Waals surface area contributed by atoms with Crippen molar-refractivity contribution in [3.63, 3.8) is 0 Å². The Morgan fingerprint density at radius 3 is 2.54 bits per heavy atom. The number of nitrogens with two attached hydrogens (primary N) is 1. The third-order valence-electron chi connectivity index (χ3n) is 3.73. The lowest BCUT2D eigenvalue weighted by Crippen LogP contribution is -2.32. The molecule has 24 heavy (non-hydrogen) atoms. The Balaban J connectivity index is 2.12. The number of halogens is 1. The van der Waals surface area contributed by atoms with Crippen molar-refractivity contribution in [1.82, 2.24) is 4.57 Å². The molecule has 2 heterocycles. The Kier molecular flexibility index (Phi) is 3.40. The third kappa shape index (κ3) is 2.41. The molecule has 1 aliphatic rings. The summed E-state index contributed by atoms with van der Waals surface area (Å²) in [7, 11) is 0. The van der Waals surface area contributed by atoms with E-state index in [1.807, 2.05) is 0 Å². The number of carbonyl (C=O) groups excluding carboxylic acids is 2. The van der Waals surface area contributed by atoms with Gasteiger partial charge >= 0.3 is 11.8 Å². The molecule has 1 atom stereocenters. The number of carbonyl (C=O) groups is 2. The first-order valence-corrected chi connectivity index (χ1v) is 7.22. The van der Waals surface area contributed by atoms with Crippen molar-refractivity contribution in [2.75, 3.05) is 11.4 Å². The summed E-state index contributed by atoms with van der Waals surface area (Å²) in [5.74, 6) is -2.22. The average Bonchev–Trinajstić information content (AvgIpc) is 2.98. The van der Waals surface area contributed by atoms with Crippen LogP contribution in [0.1, 0.15) is 20.8 Å². The second-order valence-corrected chi connectivity index (χ2v) is 6.53. The van der Waals surface area contributed by atoms with E-state index in [4.69, 9.17) is 14.9 Å². The summed E-state index contributed by atoms with van der Waals surface area (Å²) in [4.78, 5) is 36.1. The van der Waals surface area contributed by atoms with Gasteiger partial charge in [-0.3, -0.25) is 14.3 Å². The van der Waals surface area contributed by atoms with Crippen LogP contribution in [-0.4, -0.2) is 29.2 Å². The highest BCUT2D eigenvalue weighted by Crippen LogP contribution is 2.30. The lowest BCUT2D eigenvalue weighted by Gasteiger charge is -2.20. The molecule has 0 spiro atoms. The average molecular weight is 337 g/mol.